The first-order chi connectivity index (χ1) is 4.68. The van der Waals surface area contributed by atoms with E-state index in [0.717, 1.165) is 6.42 Å². The topological polar surface area (TPSA) is 20.2 Å². The van der Waals surface area contributed by atoms with E-state index in [-0.39, 0.29) is 5.76 Å². The summed E-state index contributed by atoms with van der Waals surface area (Å²) in [5.74, 6) is 0.180. The van der Waals surface area contributed by atoms with Gasteiger partial charge in [0.05, 0.1) is 4.86 Å². The van der Waals surface area contributed by atoms with Crippen LogP contribution in [0.4, 0.5) is 0 Å². The molecule has 1 nitrogen and oxygen atoms in total. The van der Waals surface area contributed by atoms with E-state index < -0.39 is 0 Å². The van der Waals surface area contributed by atoms with Gasteiger partial charge >= 0.3 is 0 Å². The Morgan fingerprint density at radius 3 is 2.60 bits per heavy atom. The largest absolute Gasteiger partial charge is 0.507 e. The second-order valence-corrected chi connectivity index (χ2v) is 2.56. The Bertz CT molecular complexity index is 168. The minimum absolute atomic E-state index is 0.180. The monoisotopic (exact) mass is 156 g/mol. The minimum atomic E-state index is 0.180. The summed E-state index contributed by atoms with van der Waals surface area (Å²) in [7, 11) is 0. The van der Waals surface area contributed by atoms with E-state index in [2.05, 4.69) is 0 Å². The Morgan fingerprint density at radius 1 is 1.60 bits per heavy atom. The van der Waals surface area contributed by atoms with Crippen LogP contribution < -0.4 is 0 Å². The van der Waals surface area contributed by atoms with Gasteiger partial charge in [0.25, 0.3) is 0 Å². The van der Waals surface area contributed by atoms with E-state index in [4.69, 9.17) is 17.3 Å². The first-order valence-electron chi connectivity index (χ1n) is 3.25. The minimum Gasteiger partial charge on any atom is -0.507 e. The van der Waals surface area contributed by atoms with Crippen LogP contribution in [0.1, 0.15) is 20.3 Å². The van der Waals surface area contributed by atoms with Gasteiger partial charge in [-0.2, -0.15) is 0 Å². The zero-order valence-electron chi connectivity index (χ0n) is 6.29. The number of rotatable bonds is 3. The predicted octanol–water partition coefficient (Wildman–Crippen LogP) is 2.78. The number of allylic oxidation sites excluding steroid dienone is 4. The van der Waals surface area contributed by atoms with Crippen LogP contribution >= 0.6 is 12.2 Å². The van der Waals surface area contributed by atoms with Crippen LogP contribution in [0.25, 0.3) is 0 Å². The van der Waals surface area contributed by atoms with E-state index in [1.54, 1.807) is 19.1 Å². The molecule has 0 aliphatic heterocycles. The summed E-state index contributed by atoms with van der Waals surface area (Å²) < 4.78 is 0. The van der Waals surface area contributed by atoms with Gasteiger partial charge < -0.3 is 5.11 Å². The molecule has 0 aliphatic carbocycles. The van der Waals surface area contributed by atoms with Crippen molar-refractivity contribution in [3.05, 3.63) is 24.0 Å². The fourth-order valence-electron chi connectivity index (χ4n) is 0.413. The van der Waals surface area contributed by atoms with Crippen LogP contribution in [0, 0.1) is 0 Å². The number of aliphatic hydroxyl groups is 1. The lowest BCUT2D eigenvalue weighted by Crippen LogP contribution is -1.89. The number of thiocarbonyl (C=S) groups is 1. The molecule has 2 heteroatoms. The predicted molar refractivity (Wildman–Crippen MR) is 48.4 cm³/mol. The molecule has 0 aromatic carbocycles. The van der Waals surface area contributed by atoms with E-state index >= 15 is 0 Å². The maximum atomic E-state index is 9.02. The van der Waals surface area contributed by atoms with Crippen LogP contribution in [-0.2, 0) is 0 Å². The third-order valence-corrected chi connectivity index (χ3v) is 1.20. The van der Waals surface area contributed by atoms with Gasteiger partial charge in [-0.1, -0.05) is 31.3 Å². The van der Waals surface area contributed by atoms with Crippen molar-refractivity contribution in [3.8, 4) is 0 Å². The molecule has 0 atom stereocenters. The molecule has 0 radical (unpaired) electrons. The number of aliphatic hydroxyl groups excluding tert-OH is 1. The summed E-state index contributed by atoms with van der Waals surface area (Å²) >= 11 is 4.72. The fraction of sp³-hybridized carbons (Fsp3) is 0.375. The maximum Gasteiger partial charge on any atom is 0.129 e. The van der Waals surface area contributed by atoms with Crippen molar-refractivity contribution in [2.45, 2.75) is 20.3 Å². The molecule has 0 rings (SSSR count). The Morgan fingerprint density at radius 2 is 2.20 bits per heavy atom. The molecule has 0 aromatic heterocycles. The van der Waals surface area contributed by atoms with Crippen molar-refractivity contribution < 1.29 is 5.11 Å². The normalized spacial score (nSPS) is 12.4. The fourth-order valence-corrected chi connectivity index (χ4v) is 0.481. The molecule has 0 aromatic rings. The molecule has 0 bridgehead atoms. The molecule has 0 saturated heterocycles. The Kier molecular flexibility index (Phi) is 4.85. The van der Waals surface area contributed by atoms with Crippen molar-refractivity contribution >= 4 is 17.1 Å². The van der Waals surface area contributed by atoms with E-state index in [1.165, 1.54) is 0 Å². The summed E-state index contributed by atoms with van der Waals surface area (Å²) in [5, 5.41) is 9.02. The highest BCUT2D eigenvalue weighted by Crippen LogP contribution is 1.93. The highest BCUT2D eigenvalue weighted by atomic mass is 32.1. The average Bonchev–Trinajstić information content (AvgIpc) is 1.88. The van der Waals surface area contributed by atoms with Gasteiger partial charge in [-0.3, -0.25) is 0 Å². The molecular weight excluding hydrogens is 144 g/mol. The Hall–Kier alpha value is -0.630. The quantitative estimate of drug-likeness (QED) is 0.293. The van der Waals surface area contributed by atoms with Crippen molar-refractivity contribution in [2.75, 3.05) is 0 Å². The van der Waals surface area contributed by atoms with Crippen molar-refractivity contribution in [3.63, 3.8) is 0 Å². The highest BCUT2D eigenvalue weighted by molar-refractivity contribution is 7.80. The van der Waals surface area contributed by atoms with E-state index in [0.29, 0.717) is 4.86 Å². The zero-order valence-corrected chi connectivity index (χ0v) is 7.11. The third-order valence-electron chi connectivity index (χ3n) is 0.987. The van der Waals surface area contributed by atoms with Crippen molar-refractivity contribution in [1.29, 1.82) is 0 Å². The molecule has 1 N–H and O–H groups in total. The molecule has 10 heavy (non-hydrogen) atoms. The van der Waals surface area contributed by atoms with Gasteiger partial charge in [-0.15, -0.1) is 0 Å². The van der Waals surface area contributed by atoms with Gasteiger partial charge in [0.1, 0.15) is 5.76 Å². The highest BCUT2D eigenvalue weighted by Gasteiger charge is 1.89. The summed E-state index contributed by atoms with van der Waals surface area (Å²) in [4.78, 5) is 0.528. The molecule has 0 aliphatic rings. The number of hydrogen-bond acceptors (Lipinski definition) is 2. The Balaban J connectivity index is 3.92. The first-order valence-corrected chi connectivity index (χ1v) is 3.66. The lowest BCUT2D eigenvalue weighted by atomic mass is 10.3. The molecule has 0 fully saturated rings. The SMILES string of the molecule is CC/C=C\C=C(\O)C(C)=S. The molecule has 0 heterocycles. The first kappa shape index (κ1) is 9.37. The van der Waals surface area contributed by atoms with E-state index in [1.807, 2.05) is 13.0 Å². The molecular formula is C8H12OS. The molecule has 0 unspecified atom stereocenters. The average molecular weight is 156 g/mol. The molecule has 0 saturated carbocycles. The summed E-state index contributed by atoms with van der Waals surface area (Å²) in [6, 6.07) is 0. The summed E-state index contributed by atoms with van der Waals surface area (Å²) in [6.07, 6.45) is 6.33. The third kappa shape index (κ3) is 4.27. The van der Waals surface area contributed by atoms with Gasteiger partial charge in [0.2, 0.25) is 0 Å². The van der Waals surface area contributed by atoms with Crippen molar-refractivity contribution in [1.82, 2.24) is 0 Å². The molecule has 0 spiro atoms. The smallest absolute Gasteiger partial charge is 0.129 e. The van der Waals surface area contributed by atoms with E-state index in [9.17, 15) is 0 Å². The van der Waals surface area contributed by atoms with Gasteiger partial charge in [0, 0.05) is 0 Å². The van der Waals surface area contributed by atoms with Crippen LogP contribution in [0.2, 0.25) is 0 Å². The van der Waals surface area contributed by atoms with Crippen LogP contribution in [-0.4, -0.2) is 9.97 Å². The second kappa shape index (κ2) is 5.18. The molecule has 56 valence electrons. The summed E-state index contributed by atoms with van der Waals surface area (Å²) in [6.45, 7) is 3.73. The lowest BCUT2D eigenvalue weighted by molar-refractivity contribution is 0.445. The zero-order chi connectivity index (χ0) is 7.98. The molecule has 0 amide bonds. The Labute approximate surface area is 67.1 Å². The van der Waals surface area contributed by atoms with Crippen LogP contribution in [0.5, 0.6) is 0 Å². The van der Waals surface area contributed by atoms with Gasteiger partial charge in [-0.05, 0) is 19.4 Å². The van der Waals surface area contributed by atoms with Crippen LogP contribution in [0.15, 0.2) is 24.0 Å². The van der Waals surface area contributed by atoms with Gasteiger partial charge in [0.15, 0.2) is 0 Å². The van der Waals surface area contributed by atoms with Gasteiger partial charge in [-0.25, -0.2) is 0 Å². The number of hydrogen-bond donors (Lipinski definition) is 1. The summed E-state index contributed by atoms with van der Waals surface area (Å²) in [5.41, 5.74) is 0. The van der Waals surface area contributed by atoms with Crippen LogP contribution in [0.3, 0.4) is 0 Å². The maximum absolute atomic E-state index is 9.02. The van der Waals surface area contributed by atoms with Crippen molar-refractivity contribution in [2.24, 2.45) is 0 Å². The lowest BCUT2D eigenvalue weighted by Gasteiger charge is -1.90. The second-order valence-electron chi connectivity index (χ2n) is 1.94. The standard InChI is InChI=1S/C8H12OS/c1-3-4-5-6-8(9)7(2)10/h4-6,9H,3H2,1-2H3/b5-4-,8-6+.